The fourth-order valence-electron chi connectivity index (χ4n) is 3.12. The molecule has 0 aliphatic heterocycles. The summed E-state index contributed by atoms with van der Waals surface area (Å²) in [5, 5.41) is 3.30. The highest BCUT2D eigenvalue weighted by Crippen LogP contribution is 2.40. The number of hydrogen-bond acceptors (Lipinski definition) is 7. The molecule has 1 atom stereocenters. The minimum Gasteiger partial charge on any atom is -0.406 e. The molecule has 1 fully saturated rings. The lowest BCUT2D eigenvalue weighted by Gasteiger charge is -2.14. The first kappa shape index (κ1) is 18.9. The van der Waals surface area contributed by atoms with Gasteiger partial charge in [0, 0.05) is 18.1 Å². The molecule has 1 saturated carbocycles. The van der Waals surface area contributed by atoms with Crippen LogP contribution in [0, 0.1) is 0 Å². The topological polar surface area (TPSA) is 128 Å². The molecule has 10 heteroatoms. The van der Waals surface area contributed by atoms with E-state index >= 15 is 0 Å². The molecule has 3 N–H and O–H groups in total. The third-order valence-electron chi connectivity index (χ3n) is 4.72. The number of nitrogen functional groups attached to an aromatic ring is 1. The van der Waals surface area contributed by atoms with Gasteiger partial charge in [0.1, 0.15) is 5.65 Å². The number of nitrogens with zero attached hydrogens (tertiary/aromatic N) is 3. The van der Waals surface area contributed by atoms with E-state index < -0.39 is 16.6 Å². The van der Waals surface area contributed by atoms with Gasteiger partial charge in [-0.3, -0.25) is 0 Å². The summed E-state index contributed by atoms with van der Waals surface area (Å²) in [4.78, 5) is 16.0. The minimum atomic E-state index is -2.88. The molecule has 2 heterocycles. The van der Waals surface area contributed by atoms with Gasteiger partial charge in [0.15, 0.2) is 5.75 Å². The average molecular weight is 413 g/mol. The van der Waals surface area contributed by atoms with Crippen LogP contribution in [0.3, 0.4) is 0 Å². The largest absolute Gasteiger partial charge is 0.454 e. The maximum atomic E-state index is 11.3. The summed E-state index contributed by atoms with van der Waals surface area (Å²) in [5.74, 6) is 0.709. The van der Waals surface area contributed by atoms with Crippen LogP contribution in [0.4, 0.5) is 16.2 Å². The van der Waals surface area contributed by atoms with Crippen molar-refractivity contribution in [1.29, 1.82) is 0 Å². The van der Waals surface area contributed by atoms with Gasteiger partial charge in [0.2, 0.25) is 0 Å². The molecule has 9 nitrogen and oxygen atoms in total. The number of nitrogens with one attached hydrogen (secondary N) is 1. The molecule has 0 saturated heterocycles. The second kappa shape index (κ2) is 7.55. The van der Waals surface area contributed by atoms with Crippen molar-refractivity contribution in [2.75, 3.05) is 11.1 Å². The van der Waals surface area contributed by atoms with E-state index in [0.29, 0.717) is 11.6 Å². The third kappa shape index (κ3) is 4.37. The zero-order valence-electron chi connectivity index (χ0n) is 15.6. The second-order valence-corrected chi connectivity index (χ2v) is 7.58. The van der Waals surface area contributed by atoms with Crippen molar-refractivity contribution in [2.45, 2.75) is 31.7 Å². The summed E-state index contributed by atoms with van der Waals surface area (Å²) in [6, 6.07) is 8.81. The van der Waals surface area contributed by atoms with E-state index in [4.69, 9.17) is 10.5 Å². The third-order valence-corrected chi connectivity index (χ3v) is 5.02. The van der Waals surface area contributed by atoms with Crippen LogP contribution in [0.5, 0.6) is 5.75 Å². The number of benzene rings is 1. The summed E-state index contributed by atoms with van der Waals surface area (Å²) in [7, 11) is -2.88. The van der Waals surface area contributed by atoms with Crippen molar-refractivity contribution in [3.63, 3.8) is 0 Å². The summed E-state index contributed by atoms with van der Waals surface area (Å²) in [6.07, 6.45) is 5.39. The van der Waals surface area contributed by atoms with E-state index in [9.17, 15) is 13.2 Å². The molecule has 29 heavy (non-hydrogen) atoms. The Morgan fingerprint density at radius 2 is 2.10 bits per heavy atom. The lowest BCUT2D eigenvalue weighted by Crippen LogP contribution is -2.08. The SMILES string of the molecule is CC(Nc1ccc(OC(=O)N=S(=O)=O)c(N)c1)c1cn2cc(C3CC3)ccc2n1. The Morgan fingerprint density at radius 3 is 2.79 bits per heavy atom. The van der Waals surface area contributed by atoms with Crippen LogP contribution < -0.4 is 15.8 Å². The molecule has 150 valence electrons. The Bertz CT molecular complexity index is 1220. The normalized spacial score (nSPS) is 14.4. The number of anilines is 2. The second-order valence-electron chi connectivity index (χ2n) is 6.96. The molecule has 1 aliphatic carbocycles. The molecule has 1 aliphatic rings. The molecular weight excluding hydrogens is 394 g/mol. The molecule has 4 rings (SSSR count). The van der Waals surface area contributed by atoms with Crippen LogP contribution in [0.2, 0.25) is 0 Å². The fraction of sp³-hybridized carbons (Fsp3) is 0.263. The lowest BCUT2D eigenvalue weighted by atomic mass is 10.2. The number of fused-ring (bicyclic) bond motifs is 1. The van der Waals surface area contributed by atoms with E-state index in [1.165, 1.54) is 24.5 Å². The van der Waals surface area contributed by atoms with E-state index in [-0.39, 0.29) is 17.5 Å². The Balaban J connectivity index is 1.48. The van der Waals surface area contributed by atoms with Gasteiger partial charge in [-0.1, -0.05) is 10.4 Å². The number of carbonyl (C=O) groups excluding carboxylic acids is 1. The molecule has 0 spiro atoms. The molecule has 2 aromatic heterocycles. The molecule has 0 radical (unpaired) electrons. The Hall–Kier alpha value is -3.40. The van der Waals surface area contributed by atoms with Gasteiger partial charge in [-0.25, -0.2) is 9.78 Å². The van der Waals surface area contributed by atoms with Crippen molar-refractivity contribution in [2.24, 2.45) is 4.36 Å². The molecule has 1 amide bonds. The summed E-state index contributed by atoms with van der Waals surface area (Å²) < 4.78 is 30.4. The Labute approximate surface area is 168 Å². The van der Waals surface area contributed by atoms with Gasteiger partial charge in [0.25, 0.3) is 0 Å². The molecule has 3 aromatic rings. The highest BCUT2D eigenvalue weighted by Gasteiger charge is 2.24. The predicted octanol–water partition coefficient (Wildman–Crippen LogP) is 3.53. The van der Waals surface area contributed by atoms with Crippen LogP contribution in [0.15, 0.2) is 47.1 Å². The van der Waals surface area contributed by atoms with Crippen LogP contribution in [-0.4, -0.2) is 23.9 Å². The molecular formula is C19H19N5O4S. The van der Waals surface area contributed by atoms with Gasteiger partial charge in [0.05, 0.1) is 17.4 Å². The van der Waals surface area contributed by atoms with Crippen molar-refractivity contribution in [1.82, 2.24) is 9.38 Å². The number of nitrogens with two attached hydrogens (primary N) is 1. The number of ether oxygens (including phenoxy) is 1. The summed E-state index contributed by atoms with van der Waals surface area (Å²) in [6.45, 7) is 1.98. The predicted molar refractivity (Wildman–Crippen MR) is 107 cm³/mol. The average Bonchev–Trinajstić information content (AvgIpc) is 3.41. The number of carbonyl (C=O) groups is 1. The fourth-order valence-corrected chi connectivity index (χ4v) is 3.28. The van der Waals surface area contributed by atoms with E-state index in [1.54, 1.807) is 12.1 Å². The number of pyridine rings is 1. The summed E-state index contributed by atoms with van der Waals surface area (Å²) in [5.41, 5.74) is 9.88. The maximum Gasteiger partial charge on any atom is 0.454 e. The van der Waals surface area contributed by atoms with Crippen molar-refractivity contribution in [3.05, 3.63) is 54.0 Å². The van der Waals surface area contributed by atoms with E-state index in [0.717, 1.165) is 11.3 Å². The van der Waals surface area contributed by atoms with Gasteiger partial charge in [-0.05, 0) is 55.5 Å². The zero-order chi connectivity index (χ0) is 20.5. The molecule has 0 bridgehead atoms. The van der Waals surface area contributed by atoms with Crippen LogP contribution in [0.1, 0.15) is 43.0 Å². The number of aromatic nitrogens is 2. The van der Waals surface area contributed by atoms with Gasteiger partial charge < -0.3 is 20.2 Å². The van der Waals surface area contributed by atoms with Crippen LogP contribution >= 0.6 is 0 Å². The van der Waals surface area contributed by atoms with Gasteiger partial charge in [-0.2, -0.15) is 8.42 Å². The Morgan fingerprint density at radius 1 is 1.31 bits per heavy atom. The minimum absolute atomic E-state index is 0.0303. The summed E-state index contributed by atoms with van der Waals surface area (Å²) >= 11 is 0. The van der Waals surface area contributed by atoms with Crippen molar-refractivity contribution >= 4 is 33.6 Å². The first-order valence-corrected chi connectivity index (χ1v) is 10.1. The number of rotatable bonds is 5. The number of hydrogen-bond donors (Lipinski definition) is 2. The van der Waals surface area contributed by atoms with Crippen molar-refractivity contribution < 1.29 is 17.9 Å². The monoisotopic (exact) mass is 413 g/mol. The standard InChI is InChI=1S/C19H19N5O4S/c1-11(16-10-24-9-13(12-2-3-12)4-7-18(24)22-16)21-14-5-6-17(15(20)8-14)28-19(25)23-29(26)27/h4-12,21H,2-3,20H2,1H3. The lowest BCUT2D eigenvalue weighted by molar-refractivity contribution is 0.212. The van der Waals surface area contributed by atoms with E-state index in [1.807, 2.05) is 23.6 Å². The first-order chi connectivity index (χ1) is 13.9. The quantitative estimate of drug-likeness (QED) is 0.612. The molecule has 1 aromatic carbocycles. The maximum absolute atomic E-state index is 11.3. The van der Waals surface area contributed by atoms with Crippen LogP contribution in [-0.2, 0) is 10.5 Å². The van der Waals surface area contributed by atoms with E-state index in [2.05, 4.69) is 26.9 Å². The Kier molecular flexibility index (Phi) is 4.93. The van der Waals surface area contributed by atoms with Crippen molar-refractivity contribution in [3.8, 4) is 5.75 Å². The highest BCUT2D eigenvalue weighted by molar-refractivity contribution is 7.62. The number of imidazole rings is 1. The molecule has 1 unspecified atom stereocenters. The van der Waals surface area contributed by atoms with Crippen LogP contribution in [0.25, 0.3) is 5.65 Å². The first-order valence-electron chi connectivity index (χ1n) is 9.06. The smallest absolute Gasteiger partial charge is 0.406 e. The number of amides is 1. The zero-order valence-corrected chi connectivity index (χ0v) is 16.4. The highest BCUT2D eigenvalue weighted by atomic mass is 32.2. The van der Waals surface area contributed by atoms with Gasteiger partial charge >= 0.3 is 16.6 Å². The van der Waals surface area contributed by atoms with Gasteiger partial charge in [-0.15, -0.1) is 0 Å².